The largest absolute Gasteiger partial charge is 0.270 e. The van der Waals surface area contributed by atoms with Gasteiger partial charge in [-0.2, -0.15) is 0 Å². The molecule has 0 heterocycles. The first-order valence-electron chi connectivity index (χ1n) is 2.17. The maximum Gasteiger partial charge on any atom is 0.161 e. The van der Waals surface area contributed by atoms with Crippen LogP contribution in [0.15, 0.2) is 24.3 Å². The molecule has 1 rings (SSSR count). The number of rotatable bonds is 1. The summed E-state index contributed by atoms with van der Waals surface area (Å²) in [5, 5.41) is 9.87. The van der Waals surface area contributed by atoms with Crippen molar-refractivity contribution in [2.45, 2.75) is 0 Å². The van der Waals surface area contributed by atoms with E-state index in [1.165, 1.54) is 12.1 Å². The minimum Gasteiger partial charge on any atom is -0.270 e. The molecule has 0 aromatic heterocycles. The second kappa shape index (κ2) is 1.69. The monoisotopic (exact) mass is 110 g/mol. The Labute approximate surface area is 46.1 Å². The van der Waals surface area contributed by atoms with Crippen molar-refractivity contribution in [2.24, 2.45) is 0 Å². The lowest BCUT2D eigenvalue weighted by Crippen LogP contribution is -1.81. The number of nitrogens with zero attached hydrogens (tertiary/aromatic N) is 1. The zero-order valence-corrected chi connectivity index (χ0v) is 4.07. The van der Waals surface area contributed by atoms with Crippen LogP contribution in [-0.4, -0.2) is 4.92 Å². The first-order valence-corrected chi connectivity index (χ1v) is 2.17. The molecule has 0 atom stereocenters. The molecule has 0 amide bonds. The molecular formula is C5H4NO2-. The summed E-state index contributed by atoms with van der Waals surface area (Å²) in [4.78, 5) is 9.45. The van der Waals surface area contributed by atoms with Gasteiger partial charge >= 0.3 is 0 Å². The molecule has 0 saturated heterocycles. The maximum absolute atomic E-state index is 9.87. The van der Waals surface area contributed by atoms with Crippen molar-refractivity contribution in [3.8, 4) is 0 Å². The standard InChI is InChI=1S/C5H4NO2/c7-6(8)5-3-1-2-4-5/h1-4H/q-1. The van der Waals surface area contributed by atoms with Crippen LogP contribution in [0, 0.1) is 10.1 Å². The van der Waals surface area contributed by atoms with E-state index in [1.54, 1.807) is 12.1 Å². The van der Waals surface area contributed by atoms with E-state index in [0.29, 0.717) is 0 Å². The van der Waals surface area contributed by atoms with Crippen LogP contribution in [0.1, 0.15) is 0 Å². The molecule has 0 spiro atoms. The molecule has 3 nitrogen and oxygen atoms in total. The average Bonchev–Trinajstić information content (AvgIpc) is 2.12. The van der Waals surface area contributed by atoms with E-state index in [2.05, 4.69) is 0 Å². The Hall–Kier alpha value is -1.25. The normalized spacial score (nSPS) is 9.00. The first-order chi connectivity index (χ1) is 3.80. The average molecular weight is 110 g/mol. The highest BCUT2D eigenvalue weighted by Crippen LogP contribution is 2.08. The van der Waals surface area contributed by atoms with Crippen molar-refractivity contribution >= 4 is 5.69 Å². The van der Waals surface area contributed by atoms with Crippen LogP contribution in [0.5, 0.6) is 0 Å². The Balaban J connectivity index is 2.93. The third kappa shape index (κ3) is 0.703. The molecule has 0 radical (unpaired) electrons. The maximum atomic E-state index is 9.87. The highest BCUT2D eigenvalue weighted by Gasteiger charge is 1.90. The van der Waals surface area contributed by atoms with E-state index in [0.717, 1.165) is 0 Å². The highest BCUT2D eigenvalue weighted by atomic mass is 16.6. The van der Waals surface area contributed by atoms with Crippen LogP contribution in [0.25, 0.3) is 0 Å². The Morgan fingerprint density at radius 2 is 1.88 bits per heavy atom. The van der Waals surface area contributed by atoms with Crippen molar-refractivity contribution in [2.75, 3.05) is 0 Å². The fourth-order valence-corrected chi connectivity index (χ4v) is 0.486. The molecule has 3 heteroatoms. The zero-order valence-electron chi connectivity index (χ0n) is 4.07. The zero-order chi connectivity index (χ0) is 5.98. The molecule has 0 aliphatic rings. The van der Waals surface area contributed by atoms with Gasteiger partial charge in [0.1, 0.15) is 0 Å². The highest BCUT2D eigenvalue weighted by molar-refractivity contribution is 5.29. The molecule has 0 fully saturated rings. The van der Waals surface area contributed by atoms with Gasteiger partial charge in [0.05, 0.1) is 0 Å². The molecule has 1 aromatic carbocycles. The molecule has 0 bridgehead atoms. The SMILES string of the molecule is O=[N+]([O-])[c-]1cccc1. The summed E-state index contributed by atoms with van der Waals surface area (Å²) in [5.74, 6) is 0. The summed E-state index contributed by atoms with van der Waals surface area (Å²) in [6.07, 6.45) is 0. The summed E-state index contributed by atoms with van der Waals surface area (Å²) >= 11 is 0. The topological polar surface area (TPSA) is 43.1 Å². The van der Waals surface area contributed by atoms with Crippen LogP contribution in [-0.2, 0) is 0 Å². The molecule has 8 heavy (non-hydrogen) atoms. The van der Waals surface area contributed by atoms with Gasteiger partial charge in [-0.05, 0) is 0 Å². The molecule has 42 valence electrons. The molecule has 0 N–H and O–H groups in total. The van der Waals surface area contributed by atoms with Crippen LogP contribution < -0.4 is 0 Å². The van der Waals surface area contributed by atoms with Crippen LogP contribution in [0.3, 0.4) is 0 Å². The lowest BCUT2D eigenvalue weighted by atomic mass is 10.6. The van der Waals surface area contributed by atoms with Gasteiger partial charge in [0, 0.05) is 4.92 Å². The van der Waals surface area contributed by atoms with E-state index >= 15 is 0 Å². The van der Waals surface area contributed by atoms with E-state index in [9.17, 15) is 10.1 Å². The Morgan fingerprint density at radius 1 is 1.38 bits per heavy atom. The van der Waals surface area contributed by atoms with Crippen molar-refractivity contribution in [3.63, 3.8) is 0 Å². The van der Waals surface area contributed by atoms with E-state index in [-0.39, 0.29) is 5.69 Å². The minimum atomic E-state index is -0.417. The molecule has 0 aliphatic heterocycles. The lowest BCUT2D eigenvalue weighted by Gasteiger charge is -1.85. The van der Waals surface area contributed by atoms with Crippen LogP contribution in [0.4, 0.5) is 5.69 Å². The third-order valence-electron chi connectivity index (χ3n) is 0.856. The quantitative estimate of drug-likeness (QED) is 0.311. The Bertz CT molecular complexity index is 178. The van der Waals surface area contributed by atoms with Gasteiger partial charge in [-0.1, -0.05) is 0 Å². The van der Waals surface area contributed by atoms with Gasteiger partial charge < -0.3 is 0 Å². The number of hydrogen-bond acceptors (Lipinski definition) is 2. The fourth-order valence-electron chi connectivity index (χ4n) is 0.486. The van der Waals surface area contributed by atoms with Gasteiger partial charge in [0.15, 0.2) is 5.69 Å². The summed E-state index contributed by atoms with van der Waals surface area (Å²) in [5.41, 5.74) is 0.157. The van der Waals surface area contributed by atoms with E-state index in [4.69, 9.17) is 0 Å². The van der Waals surface area contributed by atoms with E-state index in [1.807, 2.05) is 0 Å². The number of hydrogen-bond donors (Lipinski definition) is 0. The third-order valence-corrected chi connectivity index (χ3v) is 0.856. The van der Waals surface area contributed by atoms with E-state index < -0.39 is 4.92 Å². The van der Waals surface area contributed by atoms with Crippen molar-refractivity contribution in [3.05, 3.63) is 34.4 Å². The summed E-state index contributed by atoms with van der Waals surface area (Å²) in [7, 11) is 0. The molecule has 1 aromatic rings. The smallest absolute Gasteiger partial charge is 0.161 e. The predicted molar refractivity (Wildman–Crippen MR) is 28.7 cm³/mol. The van der Waals surface area contributed by atoms with Gasteiger partial charge in [0.25, 0.3) is 0 Å². The fraction of sp³-hybridized carbons (Fsp3) is 0. The van der Waals surface area contributed by atoms with Gasteiger partial charge in [-0.15, -0.1) is 12.1 Å². The minimum absolute atomic E-state index is 0.157. The van der Waals surface area contributed by atoms with Crippen molar-refractivity contribution in [1.29, 1.82) is 0 Å². The first kappa shape index (κ1) is 4.90. The molecular weight excluding hydrogens is 106 g/mol. The second-order valence-corrected chi connectivity index (χ2v) is 1.40. The summed E-state index contributed by atoms with van der Waals surface area (Å²) in [6.45, 7) is 0. The van der Waals surface area contributed by atoms with Crippen molar-refractivity contribution < 1.29 is 4.92 Å². The second-order valence-electron chi connectivity index (χ2n) is 1.40. The van der Waals surface area contributed by atoms with Gasteiger partial charge in [-0.3, -0.25) is 10.1 Å². The Kier molecular flexibility index (Phi) is 1.04. The number of nitro groups is 1. The molecule has 0 unspecified atom stereocenters. The lowest BCUT2D eigenvalue weighted by molar-refractivity contribution is -0.384. The molecule has 0 saturated carbocycles. The van der Waals surface area contributed by atoms with Gasteiger partial charge in [0.2, 0.25) is 0 Å². The van der Waals surface area contributed by atoms with Gasteiger partial charge in [-0.25, -0.2) is 12.1 Å². The Morgan fingerprint density at radius 3 is 2.12 bits per heavy atom. The predicted octanol–water partition coefficient (Wildman–Crippen LogP) is 1.31. The molecule has 0 aliphatic carbocycles. The van der Waals surface area contributed by atoms with Crippen LogP contribution >= 0.6 is 0 Å². The summed E-state index contributed by atoms with van der Waals surface area (Å²) in [6, 6.07) is 6.19. The van der Waals surface area contributed by atoms with Crippen LogP contribution in [0.2, 0.25) is 0 Å². The van der Waals surface area contributed by atoms with Crippen molar-refractivity contribution in [1.82, 2.24) is 0 Å². The summed E-state index contributed by atoms with van der Waals surface area (Å²) < 4.78 is 0.